The zero-order valence-corrected chi connectivity index (χ0v) is 19.5. The summed E-state index contributed by atoms with van der Waals surface area (Å²) in [6.07, 6.45) is 0.207. The number of carbonyl (C=O) groups is 5. The Morgan fingerprint density at radius 2 is 2.00 bits per heavy atom. The monoisotopic (exact) mass is 477 g/mol. The van der Waals surface area contributed by atoms with Gasteiger partial charge in [0.1, 0.15) is 18.0 Å². The molecule has 29 heavy (non-hydrogen) atoms. The van der Waals surface area contributed by atoms with Crippen LogP contribution < -0.4 is 21.3 Å². The number of amides is 2. The molecule has 0 aromatic heterocycles. The number of nitrogens with two attached hydrogens (primary N) is 1. The van der Waals surface area contributed by atoms with Crippen molar-refractivity contribution in [3.8, 4) is 0 Å². The molecule has 1 saturated heterocycles. The summed E-state index contributed by atoms with van der Waals surface area (Å²) in [5.41, 5.74) is 5.19. The van der Waals surface area contributed by atoms with Gasteiger partial charge in [-0.05, 0) is 12.8 Å². The van der Waals surface area contributed by atoms with Gasteiger partial charge in [-0.1, -0.05) is 0 Å². The molecule has 2 heterocycles. The first-order valence-corrected chi connectivity index (χ1v) is 9.45. The van der Waals surface area contributed by atoms with E-state index < -0.39 is 47.2 Å². The molecule has 0 bridgehead atoms. The fourth-order valence-electron chi connectivity index (χ4n) is 2.82. The van der Waals surface area contributed by atoms with Gasteiger partial charge in [-0.2, -0.15) is 0 Å². The second-order valence-electron chi connectivity index (χ2n) is 6.29. The topological polar surface area (TPSA) is 182 Å². The van der Waals surface area contributed by atoms with Crippen LogP contribution >= 0.6 is 11.8 Å². The number of nitrogens with zero attached hydrogens (tertiary/aromatic N) is 1. The molecule has 0 radical (unpaired) electrons. The minimum absolute atomic E-state index is 0. The first-order valence-electron chi connectivity index (χ1n) is 8.40. The molecule has 0 aromatic carbocycles. The minimum atomic E-state index is -1.57. The molecule has 2 aliphatic heterocycles. The quantitative estimate of drug-likeness (QED) is 0.189. The van der Waals surface area contributed by atoms with Gasteiger partial charge in [0.2, 0.25) is 5.91 Å². The Balaban J connectivity index is 0.00000420. The van der Waals surface area contributed by atoms with Gasteiger partial charge >= 0.3 is 25.4 Å². The van der Waals surface area contributed by atoms with Crippen LogP contribution in [0.1, 0.15) is 26.2 Å². The second-order valence-corrected chi connectivity index (χ2v) is 7.40. The van der Waals surface area contributed by atoms with E-state index in [1.807, 2.05) is 0 Å². The molecule has 13 heteroatoms. The van der Waals surface area contributed by atoms with Crippen LogP contribution in [0, 0.1) is 0 Å². The number of carboxylic acids is 2. The zero-order chi connectivity index (χ0) is 21.0. The van der Waals surface area contributed by atoms with Crippen LogP contribution in [0.5, 0.6) is 0 Å². The second kappa shape index (κ2) is 10.7. The number of nitrogens with one attached hydrogen (secondary N) is 1. The number of rotatable bonds is 9. The molecule has 0 aromatic rings. The summed E-state index contributed by atoms with van der Waals surface area (Å²) in [7, 11) is 0. The average Bonchev–Trinajstić information content (AvgIpc) is 2.62. The molecule has 2 aliphatic rings. The fourth-order valence-corrected chi connectivity index (χ4v) is 4.14. The van der Waals surface area contributed by atoms with E-state index in [9.17, 15) is 34.2 Å². The Morgan fingerprint density at radius 3 is 2.55 bits per heavy atom. The third-order valence-corrected chi connectivity index (χ3v) is 5.57. The normalized spacial score (nSPS) is 21.3. The first kappa shape index (κ1) is 25.1. The van der Waals surface area contributed by atoms with Gasteiger partial charge in [0, 0.05) is 30.7 Å². The number of hydrogen-bond donors (Lipinski definition) is 2. The molecule has 3 N–H and O–H groups in total. The van der Waals surface area contributed by atoms with E-state index in [-0.39, 0.29) is 62.4 Å². The number of fused-ring (bicyclic) bond motifs is 1. The Labute approximate surface area is 183 Å². The van der Waals surface area contributed by atoms with E-state index in [4.69, 9.17) is 10.5 Å². The Morgan fingerprint density at radius 1 is 1.34 bits per heavy atom. The molecule has 2 amide bonds. The maximum Gasteiger partial charge on any atom is 2.00 e. The van der Waals surface area contributed by atoms with Crippen LogP contribution in [0.25, 0.3) is 0 Å². The van der Waals surface area contributed by atoms with Crippen LogP contribution in [0.2, 0.25) is 0 Å². The summed E-state index contributed by atoms with van der Waals surface area (Å²) in [4.78, 5) is 58.3. The summed E-state index contributed by atoms with van der Waals surface area (Å²) in [6, 6.07) is -2.08. The molecular weight excluding hydrogens is 460 g/mol. The summed E-state index contributed by atoms with van der Waals surface area (Å²) < 4.78 is 4.81. The molecule has 11 nitrogen and oxygen atoms in total. The van der Waals surface area contributed by atoms with Gasteiger partial charge in [-0.3, -0.25) is 19.3 Å². The predicted molar refractivity (Wildman–Crippen MR) is 90.5 cm³/mol. The molecule has 0 spiro atoms. The number of carboxylic acid groups (broad SMARTS) is 2. The molecule has 2 rings (SSSR count). The molecule has 0 aliphatic carbocycles. The zero-order valence-electron chi connectivity index (χ0n) is 15.7. The van der Waals surface area contributed by atoms with E-state index in [1.165, 1.54) is 18.7 Å². The number of aliphatic carboxylic acids is 2. The molecule has 0 saturated carbocycles. The average molecular weight is 479 g/mol. The molecular formula is C16H19N3O8SZn. The third kappa shape index (κ3) is 6.00. The van der Waals surface area contributed by atoms with Crippen LogP contribution in [0.4, 0.5) is 0 Å². The van der Waals surface area contributed by atoms with E-state index >= 15 is 0 Å². The van der Waals surface area contributed by atoms with E-state index in [0.29, 0.717) is 0 Å². The number of hydrogen-bond acceptors (Lipinski definition) is 10. The van der Waals surface area contributed by atoms with Crippen LogP contribution in [0.15, 0.2) is 11.3 Å². The summed E-state index contributed by atoms with van der Waals surface area (Å²) >= 11 is 1.22. The Hall–Kier alpha value is -1.98. The number of carbonyl (C=O) groups excluding carboxylic acids is 5. The van der Waals surface area contributed by atoms with Gasteiger partial charge in [0.25, 0.3) is 5.91 Å². The van der Waals surface area contributed by atoms with E-state index in [0.717, 1.165) is 4.90 Å². The minimum Gasteiger partial charge on any atom is -0.548 e. The fraction of sp³-hybridized carbons (Fsp3) is 0.562. The SMILES string of the molecule is CC(=O)OCC1=C(C(=O)[O-])N2C(=O)[C@@H](NC(=O)CCCC(N)C(=O)[O-])C2SC1.[Zn+2]. The van der Waals surface area contributed by atoms with E-state index in [2.05, 4.69) is 5.32 Å². The van der Waals surface area contributed by atoms with Crippen molar-refractivity contribution in [1.82, 2.24) is 10.2 Å². The van der Waals surface area contributed by atoms with Crippen molar-refractivity contribution < 1.29 is 58.4 Å². The molecule has 3 atom stereocenters. The van der Waals surface area contributed by atoms with Crippen molar-refractivity contribution in [3.63, 3.8) is 0 Å². The van der Waals surface area contributed by atoms with Crippen LogP contribution in [0.3, 0.4) is 0 Å². The first-order chi connectivity index (χ1) is 13.1. The summed E-state index contributed by atoms with van der Waals surface area (Å²) in [5.74, 6) is -4.46. The molecule has 1 fully saturated rings. The number of esters is 1. The van der Waals surface area contributed by atoms with Gasteiger partial charge in [-0.15, -0.1) is 11.8 Å². The Bertz CT molecular complexity index is 744. The predicted octanol–water partition coefficient (Wildman–Crippen LogP) is -3.80. The number of β-lactam (4-membered cyclic amide) rings is 1. The van der Waals surface area contributed by atoms with Crippen molar-refractivity contribution in [3.05, 3.63) is 11.3 Å². The number of ether oxygens (including phenoxy) is 1. The molecule has 2 unspecified atom stereocenters. The smallest absolute Gasteiger partial charge is 0.548 e. The van der Waals surface area contributed by atoms with Crippen molar-refractivity contribution in [2.45, 2.75) is 43.6 Å². The van der Waals surface area contributed by atoms with Crippen molar-refractivity contribution >= 4 is 41.5 Å². The van der Waals surface area contributed by atoms with Crippen LogP contribution in [-0.4, -0.2) is 64.4 Å². The largest absolute Gasteiger partial charge is 2.00 e. The van der Waals surface area contributed by atoms with Gasteiger partial charge in [0.05, 0.1) is 17.6 Å². The molecule has 154 valence electrons. The van der Waals surface area contributed by atoms with Crippen molar-refractivity contribution in [1.29, 1.82) is 0 Å². The summed E-state index contributed by atoms with van der Waals surface area (Å²) in [5, 5.41) is 23.9. The van der Waals surface area contributed by atoms with E-state index in [1.54, 1.807) is 0 Å². The van der Waals surface area contributed by atoms with Gasteiger partial charge < -0.3 is 35.6 Å². The van der Waals surface area contributed by atoms with Crippen molar-refractivity contribution in [2.24, 2.45) is 5.73 Å². The van der Waals surface area contributed by atoms with Gasteiger partial charge in [0.15, 0.2) is 0 Å². The third-order valence-electron chi connectivity index (χ3n) is 4.23. The maximum absolute atomic E-state index is 12.4. The van der Waals surface area contributed by atoms with Gasteiger partial charge in [-0.25, -0.2) is 0 Å². The van der Waals surface area contributed by atoms with Crippen LogP contribution in [-0.2, 0) is 48.2 Å². The van der Waals surface area contributed by atoms with Crippen molar-refractivity contribution in [2.75, 3.05) is 12.4 Å². The number of thioether (sulfide) groups is 1. The maximum atomic E-state index is 12.4. The standard InChI is InChI=1S/C16H21N3O8S.Zn/c1-7(20)27-5-8-6-28-14-11(13(22)19(14)12(8)16(25)26)18-10(21)4-2-3-9(17)15(23)24;/h9,11,14H,2-6,17H2,1H3,(H,18,21)(H,23,24)(H,25,26);/q;+2/p-2/t9?,11-,14?;/m1./s1. The summed E-state index contributed by atoms with van der Waals surface area (Å²) in [6.45, 7) is 0.913. The Kier molecular flexibility index (Phi) is 9.25.